The Morgan fingerprint density at radius 3 is 2.95 bits per heavy atom. The van der Waals surface area contributed by atoms with Gasteiger partial charge in [-0.15, -0.1) is 0 Å². The minimum absolute atomic E-state index is 0.0782. The lowest BCUT2D eigenvalue weighted by atomic mass is 10.2. The van der Waals surface area contributed by atoms with Gasteiger partial charge in [-0.2, -0.15) is 10.4 Å². The lowest BCUT2D eigenvalue weighted by molar-refractivity contribution is -0.115. The van der Waals surface area contributed by atoms with Crippen molar-refractivity contribution in [1.82, 2.24) is 9.78 Å². The molecular formula is C14H13FN4O2. The van der Waals surface area contributed by atoms with E-state index in [1.165, 1.54) is 12.1 Å². The number of rotatable bonds is 5. The van der Waals surface area contributed by atoms with Gasteiger partial charge in [0.1, 0.15) is 13.0 Å². The molecule has 0 unspecified atom stereocenters. The maximum Gasteiger partial charge on any atom is 0.238 e. The van der Waals surface area contributed by atoms with Gasteiger partial charge < -0.3 is 10.1 Å². The number of nitriles is 1. The summed E-state index contributed by atoms with van der Waals surface area (Å²) in [6, 6.07) is 7.57. The minimum atomic E-state index is -0.591. The summed E-state index contributed by atoms with van der Waals surface area (Å²) in [5.74, 6) is -0.998. The van der Waals surface area contributed by atoms with Crippen LogP contribution in [0.15, 0.2) is 30.5 Å². The van der Waals surface area contributed by atoms with E-state index in [0.29, 0.717) is 0 Å². The molecule has 0 spiro atoms. The molecule has 2 rings (SSSR count). The third-order valence-corrected chi connectivity index (χ3v) is 2.75. The molecule has 1 N–H and O–H groups in total. The largest absolute Gasteiger partial charge is 0.484 e. The van der Waals surface area contributed by atoms with E-state index in [2.05, 4.69) is 10.4 Å². The van der Waals surface area contributed by atoms with E-state index in [1.807, 2.05) is 0 Å². The monoisotopic (exact) mass is 288 g/mol. The van der Waals surface area contributed by atoms with Gasteiger partial charge in [-0.1, -0.05) is 0 Å². The van der Waals surface area contributed by atoms with Crippen molar-refractivity contribution in [2.45, 2.75) is 13.0 Å². The molecule has 0 aliphatic heterocycles. The van der Waals surface area contributed by atoms with Crippen LogP contribution in [-0.2, 0) is 18.4 Å². The Labute approximate surface area is 120 Å². The second kappa shape index (κ2) is 6.52. The molecule has 0 fully saturated rings. The van der Waals surface area contributed by atoms with Crippen LogP contribution in [0.2, 0.25) is 0 Å². The fourth-order valence-corrected chi connectivity index (χ4v) is 1.67. The zero-order chi connectivity index (χ0) is 15.2. The molecule has 6 nitrogen and oxygen atoms in total. The van der Waals surface area contributed by atoms with E-state index in [9.17, 15) is 9.18 Å². The summed E-state index contributed by atoms with van der Waals surface area (Å²) in [6.45, 7) is 0.188. The Kier molecular flexibility index (Phi) is 4.51. The molecule has 1 heterocycles. The van der Waals surface area contributed by atoms with Crippen LogP contribution < -0.4 is 10.1 Å². The molecule has 0 aliphatic rings. The summed E-state index contributed by atoms with van der Waals surface area (Å²) in [6.07, 6.45) is 1.35. The highest BCUT2D eigenvalue weighted by molar-refractivity contribution is 5.92. The zero-order valence-corrected chi connectivity index (χ0v) is 11.3. The van der Waals surface area contributed by atoms with Crippen LogP contribution in [0, 0.1) is 17.1 Å². The fraction of sp³-hybridized carbons (Fsp3) is 0.214. The topological polar surface area (TPSA) is 79.9 Å². The lowest BCUT2D eigenvalue weighted by Crippen LogP contribution is -2.10. The molecule has 108 valence electrons. The number of carbonyl (C=O) groups excluding carboxylic acids is 1. The van der Waals surface area contributed by atoms with Gasteiger partial charge in [-0.05, 0) is 18.2 Å². The van der Waals surface area contributed by atoms with E-state index in [-0.39, 0.29) is 24.5 Å². The number of nitrogens with one attached hydrogen (secondary N) is 1. The second-order valence-electron chi connectivity index (χ2n) is 4.26. The maximum atomic E-state index is 13.9. The van der Waals surface area contributed by atoms with E-state index in [0.717, 1.165) is 11.8 Å². The van der Waals surface area contributed by atoms with E-state index in [4.69, 9.17) is 10.00 Å². The third-order valence-electron chi connectivity index (χ3n) is 2.75. The van der Waals surface area contributed by atoms with Crippen molar-refractivity contribution in [2.75, 3.05) is 5.32 Å². The molecule has 0 radical (unpaired) electrons. The Balaban J connectivity index is 2.01. The number of aromatic nitrogens is 2. The number of halogens is 1. The van der Waals surface area contributed by atoms with Crippen molar-refractivity contribution in [2.24, 2.45) is 7.05 Å². The van der Waals surface area contributed by atoms with Crippen LogP contribution in [0.25, 0.3) is 0 Å². The van der Waals surface area contributed by atoms with Crippen LogP contribution in [0.5, 0.6) is 5.75 Å². The van der Waals surface area contributed by atoms with Crippen LogP contribution in [0.1, 0.15) is 12.1 Å². The zero-order valence-electron chi connectivity index (χ0n) is 11.3. The number of nitrogens with zero attached hydrogens (tertiary/aromatic N) is 3. The van der Waals surface area contributed by atoms with Crippen molar-refractivity contribution in [1.29, 1.82) is 5.26 Å². The van der Waals surface area contributed by atoms with Crippen LogP contribution in [0.3, 0.4) is 0 Å². The summed E-state index contributed by atoms with van der Waals surface area (Å²) in [5, 5.41) is 14.8. The fourth-order valence-electron chi connectivity index (χ4n) is 1.67. The normalized spacial score (nSPS) is 9.95. The molecule has 1 aromatic heterocycles. The summed E-state index contributed by atoms with van der Waals surface area (Å²) in [7, 11) is 1.77. The summed E-state index contributed by atoms with van der Waals surface area (Å²) >= 11 is 0. The van der Waals surface area contributed by atoms with E-state index < -0.39 is 11.7 Å². The van der Waals surface area contributed by atoms with Gasteiger partial charge in [-0.3, -0.25) is 9.48 Å². The average Bonchev–Trinajstić information content (AvgIpc) is 2.83. The van der Waals surface area contributed by atoms with Gasteiger partial charge >= 0.3 is 0 Å². The lowest BCUT2D eigenvalue weighted by Gasteiger charge is -2.09. The smallest absolute Gasteiger partial charge is 0.238 e. The highest BCUT2D eigenvalue weighted by atomic mass is 19.1. The van der Waals surface area contributed by atoms with Crippen LogP contribution in [0.4, 0.5) is 10.1 Å². The van der Waals surface area contributed by atoms with Gasteiger partial charge in [0.2, 0.25) is 5.91 Å². The van der Waals surface area contributed by atoms with Gasteiger partial charge in [0.15, 0.2) is 11.6 Å². The molecule has 0 bridgehead atoms. The standard InChI is InChI=1S/C14H13FN4O2/c1-19-11(5-7-17-19)9-21-13-3-2-10(8-12(13)15)18-14(20)4-6-16/h2-3,5,7-8H,4,9H2,1H3,(H,18,20). The maximum absolute atomic E-state index is 13.9. The Bertz CT molecular complexity index is 691. The van der Waals surface area contributed by atoms with Gasteiger partial charge in [0, 0.05) is 25.0 Å². The molecule has 0 atom stereocenters. The van der Waals surface area contributed by atoms with Gasteiger partial charge in [-0.25, -0.2) is 4.39 Å². The molecule has 1 amide bonds. The second-order valence-corrected chi connectivity index (χ2v) is 4.26. The molecule has 2 aromatic rings. The molecule has 1 aromatic carbocycles. The average molecular weight is 288 g/mol. The van der Waals surface area contributed by atoms with Gasteiger partial charge in [0.25, 0.3) is 0 Å². The minimum Gasteiger partial charge on any atom is -0.484 e. The molecule has 0 aliphatic carbocycles. The van der Waals surface area contributed by atoms with Crippen molar-refractivity contribution in [3.63, 3.8) is 0 Å². The first-order chi connectivity index (χ1) is 10.1. The predicted molar refractivity (Wildman–Crippen MR) is 72.8 cm³/mol. The van der Waals surface area contributed by atoms with Crippen molar-refractivity contribution >= 4 is 11.6 Å². The predicted octanol–water partition coefficient (Wildman–Crippen LogP) is 1.99. The number of hydrogen-bond donors (Lipinski definition) is 1. The highest BCUT2D eigenvalue weighted by Gasteiger charge is 2.08. The van der Waals surface area contributed by atoms with Crippen molar-refractivity contribution in [3.05, 3.63) is 42.0 Å². The highest BCUT2D eigenvalue weighted by Crippen LogP contribution is 2.22. The first kappa shape index (κ1) is 14.5. The van der Waals surface area contributed by atoms with Crippen molar-refractivity contribution < 1.29 is 13.9 Å². The Morgan fingerprint density at radius 1 is 1.52 bits per heavy atom. The molecular weight excluding hydrogens is 275 g/mol. The quantitative estimate of drug-likeness (QED) is 0.912. The number of anilines is 1. The van der Waals surface area contributed by atoms with Crippen molar-refractivity contribution in [3.8, 4) is 11.8 Å². The third kappa shape index (κ3) is 3.79. The van der Waals surface area contributed by atoms with Crippen LogP contribution >= 0.6 is 0 Å². The number of aryl methyl sites for hydroxylation is 1. The van der Waals surface area contributed by atoms with Gasteiger partial charge in [0.05, 0.1) is 11.8 Å². The Hall–Kier alpha value is -2.88. The Morgan fingerprint density at radius 2 is 2.33 bits per heavy atom. The molecule has 0 saturated carbocycles. The number of carbonyl (C=O) groups is 1. The number of benzene rings is 1. The first-order valence-electron chi connectivity index (χ1n) is 6.16. The molecule has 0 saturated heterocycles. The van der Waals surface area contributed by atoms with E-state index >= 15 is 0 Å². The summed E-state index contributed by atoms with van der Waals surface area (Å²) in [4.78, 5) is 11.2. The number of hydrogen-bond acceptors (Lipinski definition) is 4. The SMILES string of the molecule is Cn1nccc1COc1ccc(NC(=O)CC#N)cc1F. The summed E-state index contributed by atoms with van der Waals surface area (Å²) in [5.41, 5.74) is 1.08. The summed E-state index contributed by atoms with van der Waals surface area (Å²) < 4.78 is 20.9. The number of amides is 1. The molecule has 21 heavy (non-hydrogen) atoms. The van der Waals surface area contributed by atoms with E-state index in [1.54, 1.807) is 30.1 Å². The number of ether oxygens (including phenoxy) is 1. The molecule has 7 heteroatoms. The van der Waals surface area contributed by atoms with Crippen LogP contribution in [-0.4, -0.2) is 15.7 Å². The first-order valence-corrected chi connectivity index (χ1v) is 6.16.